The minimum absolute atomic E-state index is 0.110. The first kappa shape index (κ1) is 16.0. The average molecular weight is 374 g/mol. The molecule has 2 aromatic rings. The van der Waals surface area contributed by atoms with Gasteiger partial charge in [-0.05, 0) is 55.2 Å². The number of rotatable bonds is 3. The predicted octanol–water partition coefficient (Wildman–Crippen LogP) is 4.33. The van der Waals surface area contributed by atoms with Crippen molar-refractivity contribution < 1.29 is 4.79 Å². The zero-order valence-electron chi connectivity index (χ0n) is 13.1. The van der Waals surface area contributed by atoms with Crippen LogP contribution in [0.4, 0.5) is 11.5 Å². The molecule has 0 saturated carbocycles. The van der Waals surface area contributed by atoms with Crippen molar-refractivity contribution in [2.75, 3.05) is 23.3 Å². The molecule has 1 aromatic heterocycles. The van der Waals surface area contributed by atoms with Crippen LogP contribution in [0.3, 0.4) is 0 Å². The van der Waals surface area contributed by atoms with Gasteiger partial charge in [-0.2, -0.15) is 0 Å². The zero-order chi connectivity index (χ0) is 16.2. The van der Waals surface area contributed by atoms with Gasteiger partial charge in [0.05, 0.1) is 0 Å². The monoisotopic (exact) mass is 373 g/mol. The van der Waals surface area contributed by atoms with Crippen LogP contribution < -0.4 is 10.2 Å². The van der Waals surface area contributed by atoms with E-state index in [-0.39, 0.29) is 5.91 Å². The maximum absolute atomic E-state index is 12.4. The SMILES string of the molecule is CC1CCCN(c2cc(C(=O)Nc3ccc(Br)cc3)ccn2)C1. The molecule has 5 heteroatoms. The summed E-state index contributed by atoms with van der Waals surface area (Å²) in [6.45, 7) is 4.27. The van der Waals surface area contributed by atoms with E-state index in [1.54, 1.807) is 12.3 Å². The quantitative estimate of drug-likeness (QED) is 0.870. The normalized spacial score (nSPS) is 17.8. The van der Waals surface area contributed by atoms with Crippen LogP contribution >= 0.6 is 15.9 Å². The topological polar surface area (TPSA) is 45.2 Å². The summed E-state index contributed by atoms with van der Waals surface area (Å²) in [4.78, 5) is 19.1. The Balaban J connectivity index is 1.73. The number of benzene rings is 1. The first-order chi connectivity index (χ1) is 11.1. The van der Waals surface area contributed by atoms with Crippen molar-refractivity contribution in [1.29, 1.82) is 0 Å². The van der Waals surface area contributed by atoms with Gasteiger partial charge in [-0.25, -0.2) is 4.98 Å². The van der Waals surface area contributed by atoms with E-state index in [1.165, 1.54) is 12.8 Å². The number of nitrogens with zero attached hydrogens (tertiary/aromatic N) is 2. The van der Waals surface area contributed by atoms with Crippen LogP contribution in [0, 0.1) is 5.92 Å². The van der Waals surface area contributed by atoms with Crippen molar-refractivity contribution in [2.45, 2.75) is 19.8 Å². The van der Waals surface area contributed by atoms with E-state index in [1.807, 2.05) is 30.3 Å². The molecule has 1 fully saturated rings. The van der Waals surface area contributed by atoms with Crippen molar-refractivity contribution in [3.63, 3.8) is 0 Å². The van der Waals surface area contributed by atoms with Gasteiger partial charge in [0.25, 0.3) is 5.91 Å². The van der Waals surface area contributed by atoms with Gasteiger partial charge in [0.15, 0.2) is 0 Å². The fraction of sp³-hybridized carbons (Fsp3) is 0.333. The standard InChI is InChI=1S/C18H20BrN3O/c1-13-3-2-10-22(12-13)17-11-14(8-9-20-17)18(23)21-16-6-4-15(19)5-7-16/h4-9,11,13H,2-3,10,12H2,1H3,(H,21,23). The molecule has 1 aromatic carbocycles. The van der Waals surface area contributed by atoms with E-state index < -0.39 is 0 Å². The molecule has 1 unspecified atom stereocenters. The Hall–Kier alpha value is -1.88. The molecule has 120 valence electrons. The summed E-state index contributed by atoms with van der Waals surface area (Å²) in [5, 5.41) is 2.92. The Morgan fingerprint density at radius 3 is 2.83 bits per heavy atom. The fourth-order valence-corrected chi connectivity index (χ4v) is 3.13. The fourth-order valence-electron chi connectivity index (χ4n) is 2.87. The van der Waals surface area contributed by atoms with Crippen molar-refractivity contribution in [2.24, 2.45) is 5.92 Å². The number of anilines is 2. The van der Waals surface area contributed by atoms with Crippen molar-refractivity contribution in [3.05, 3.63) is 52.6 Å². The summed E-state index contributed by atoms with van der Waals surface area (Å²) in [5.74, 6) is 1.45. The lowest BCUT2D eigenvalue weighted by atomic mass is 10.0. The maximum Gasteiger partial charge on any atom is 0.255 e. The van der Waals surface area contributed by atoms with Crippen molar-refractivity contribution in [3.8, 4) is 0 Å². The highest BCUT2D eigenvalue weighted by Crippen LogP contribution is 2.22. The van der Waals surface area contributed by atoms with E-state index in [0.29, 0.717) is 11.5 Å². The molecule has 1 atom stereocenters. The molecule has 0 radical (unpaired) electrons. The van der Waals surface area contributed by atoms with Gasteiger partial charge < -0.3 is 10.2 Å². The third kappa shape index (κ3) is 4.10. The van der Waals surface area contributed by atoms with Gasteiger partial charge in [0.2, 0.25) is 0 Å². The smallest absolute Gasteiger partial charge is 0.255 e. The van der Waals surface area contributed by atoms with Gasteiger partial charge in [0.1, 0.15) is 5.82 Å². The van der Waals surface area contributed by atoms with E-state index >= 15 is 0 Å². The Morgan fingerprint density at radius 2 is 2.09 bits per heavy atom. The Kier molecular flexibility index (Phi) is 4.96. The van der Waals surface area contributed by atoms with E-state index in [2.05, 4.69) is 38.1 Å². The van der Waals surface area contributed by atoms with Crippen molar-refractivity contribution >= 4 is 33.3 Å². The number of amides is 1. The molecule has 0 aliphatic carbocycles. The van der Waals surface area contributed by atoms with E-state index in [9.17, 15) is 4.79 Å². The third-order valence-electron chi connectivity index (χ3n) is 4.09. The maximum atomic E-state index is 12.4. The first-order valence-corrected chi connectivity index (χ1v) is 8.69. The number of halogens is 1. The van der Waals surface area contributed by atoms with Gasteiger partial charge in [0, 0.05) is 35.0 Å². The largest absolute Gasteiger partial charge is 0.356 e. The zero-order valence-corrected chi connectivity index (χ0v) is 14.7. The molecule has 0 spiro atoms. The number of hydrogen-bond acceptors (Lipinski definition) is 3. The molecule has 0 bridgehead atoms. The molecular weight excluding hydrogens is 354 g/mol. The minimum atomic E-state index is -0.110. The number of hydrogen-bond donors (Lipinski definition) is 1. The predicted molar refractivity (Wildman–Crippen MR) is 96.9 cm³/mol. The summed E-state index contributed by atoms with van der Waals surface area (Å²) in [6.07, 6.45) is 4.16. The molecule has 1 saturated heterocycles. The van der Waals surface area contributed by atoms with Crippen LogP contribution in [0.5, 0.6) is 0 Å². The molecule has 1 aliphatic heterocycles. The molecular formula is C18H20BrN3O. The highest BCUT2D eigenvalue weighted by Gasteiger charge is 2.18. The Bertz CT molecular complexity index is 687. The van der Waals surface area contributed by atoms with Crippen LogP contribution in [-0.4, -0.2) is 24.0 Å². The molecule has 2 heterocycles. The van der Waals surface area contributed by atoms with E-state index in [4.69, 9.17) is 0 Å². The number of carbonyl (C=O) groups is 1. The Labute approximate surface area is 145 Å². The number of aromatic nitrogens is 1. The number of carbonyl (C=O) groups excluding carboxylic acids is 1. The van der Waals surface area contributed by atoms with Crippen LogP contribution in [0.2, 0.25) is 0 Å². The average Bonchev–Trinajstić information content (AvgIpc) is 2.57. The Morgan fingerprint density at radius 1 is 1.30 bits per heavy atom. The minimum Gasteiger partial charge on any atom is -0.356 e. The molecule has 4 nitrogen and oxygen atoms in total. The summed E-state index contributed by atoms with van der Waals surface area (Å²) in [7, 11) is 0. The van der Waals surface area contributed by atoms with Crippen LogP contribution in [0.15, 0.2) is 47.1 Å². The van der Waals surface area contributed by atoms with Gasteiger partial charge >= 0.3 is 0 Å². The second kappa shape index (κ2) is 7.13. The summed E-state index contributed by atoms with van der Waals surface area (Å²) in [5.41, 5.74) is 1.42. The lowest BCUT2D eigenvalue weighted by Crippen LogP contribution is -2.34. The number of nitrogens with one attached hydrogen (secondary N) is 1. The number of pyridine rings is 1. The molecule has 23 heavy (non-hydrogen) atoms. The van der Waals surface area contributed by atoms with E-state index in [0.717, 1.165) is 29.1 Å². The van der Waals surface area contributed by atoms with Crippen LogP contribution in [-0.2, 0) is 0 Å². The molecule has 3 rings (SSSR count). The molecule has 1 amide bonds. The van der Waals surface area contributed by atoms with Gasteiger partial charge in [-0.3, -0.25) is 4.79 Å². The van der Waals surface area contributed by atoms with Gasteiger partial charge in [-0.15, -0.1) is 0 Å². The molecule has 1 N–H and O–H groups in total. The second-order valence-corrected chi connectivity index (χ2v) is 6.97. The summed E-state index contributed by atoms with van der Waals surface area (Å²) < 4.78 is 0.987. The highest BCUT2D eigenvalue weighted by molar-refractivity contribution is 9.10. The van der Waals surface area contributed by atoms with Crippen LogP contribution in [0.1, 0.15) is 30.1 Å². The molecule has 1 aliphatic rings. The second-order valence-electron chi connectivity index (χ2n) is 6.06. The number of piperidine rings is 1. The van der Waals surface area contributed by atoms with Crippen molar-refractivity contribution in [1.82, 2.24) is 4.98 Å². The summed E-state index contributed by atoms with van der Waals surface area (Å²) >= 11 is 3.39. The van der Waals surface area contributed by atoms with Gasteiger partial charge in [-0.1, -0.05) is 22.9 Å². The third-order valence-corrected chi connectivity index (χ3v) is 4.62. The lowest BCUT2D eigenvalue weighted by molar-refractivity contribution is 0.102. The summed E-state index contributed by atoms with van der Waals surface area (Å²) in [6, 6.07) is 11.2. The highest BCUT2D eigenvalue weighted by atomic mass is 79.9. The first-order valence-electron chi connectivity index (χ1n) is 7.90. The van der Waals surface area contributed by atoms with Crippen LogP contribution in [0.25, 0.3) is 0 Å². The lowest BCUT2D eigenvalue weighted by Gasteiger charge is -2.31.